The second-order valence-corrected chi connectivity index (χ2v) is 7.86. The first-order valence-corrected chi connectivity index (χ1v) is 10.8. The van der Waals surface area contributed by atoms with Gasteiger partial charge in [-0.1, -0.05) is 18.2 Å². The topological polar surface area (TPSA) is 99.2 Å². The number of methoxy groups -OCH3 is 1. The normalized spacial score (nSPS) is 11.0. The molecule has 9 heteroatoms. The monoisotopic (exact) mass is 453 g/mol. The molecule has 0 bridgehead atoms. The van der Waals surface area contributed by atoms with Crippen molar-refractivity contribution in [2.45, 2.75) is 19.9 Å². The van der Waals surface area contributed by atoms with Gasteiger partial charge in [-0.25, -0.2) is 19.2 Å². The molecule has 0 saturated heterocycles. The first-order valence-electron chi connectivity index (χ1n) is 10.8. The Bertz CT molecular complexity index is 1470. The summed E-state index contributed by atoms with van der Waals surface area (Å²) in [6.45, 7) is 2.34. The van der Waals surface area contributed by atoms with E-state index in [0.29, 0.717) is 18.1 Å². The lowest BCUT2D eigenvalue weighted by Crippen LogP contribution is -2.24. The van der Waals surface area contributed by atoms with Crippen LogP contribution in [0.2, 0.25) is 0 Å². The summed E-state index contributed by atoms with van der Waals surface area (Å²) in [5.41, 5.74) is 4.93. The van der Waals surface area contributed by atoms with Gasteiger partial charge < -0.3 is 10.1 Å². The van der Waals surface area contributed by atoms with E-state index in [1.807, 2.05) is 73.8 Å². The van der Waals surface area contributed by atoms with Crippen molar-refractivity contribution in [1.82, 2.24) is 34.7 Å². The van der Waals surface area contributed by atoms with E-state index in [0.717, 1.165) is 33.9 Å². The molecule has 5 aromatic rings. The number of aromatic nitrogens is 6. The molecule has 0 radical (unpaired) electrons. The summed E-state index contributed by atoms with van der Waals surface area (Å²) in [6.07, 6.45) is 3.54. The van der Waals surface area contributed by atoms with Gasteiger partial charge in [0.15, 0.2) is 11.5 Å². The molecule has 1 N–H and O–H groups in total. The second-order valence-electron chi connectivity index (χ2n) is 7.86. The maximum atomic E-state index is 12.7. The number of hydrogen-bond acceptors (Lipinski definition) is 6. The van der Waals surface area contributed by atoms with Gasteiger partial charge in [0.2, 0.25) is 5.91 Å². The summed E-state index contributed by atoms with van der Waals surface area (Å²) < 4.78 is 8.71. The van der Waals surface area contributed by atoms with Crippen LogP contribution in [-0.4, -0.2) is 42.4 Å². The fourth-order valence-corrected chi connectivity index (χ4v) is 3.72. The molecule has 4 aromatic heterocycles. The molecule has 1 amide bonds. The van der Waals surface area contributed by atoms with E-state index in [4.69, 9.17) is 9.84 Å². The lowest BCUT2D eigenvalue weighted by atomic mass is 10.1. The maximum Gasteiger partial charge on any atom is 0.226 e. The van der Waals surface area contributed by atoms with Crippen LogP contribution >= 0.6 is 0 Å². The van der Waals surface area contributed by atoms with Crippen molar-refractivity contribution in [2.75, 3.05) is 7.11 Å². The number of benzene rings is 1. The largest absolute Gasteiger partial charge is 0.497 e. The summed E-state index contributed by atoms with van der Waals surface area (Å²) in [6, 6.07) is 19.1. The van der Waals surface area contributed by atoms with Crippen LogP contribution in [0.5, 0.6) is 5.75 Å². The number of amides is 1. The quantitative estimate of drug-likeness (QED) is 0.406. The number of pyridine rings is 2. The smallest absolute Gasteiger partial charge is 0.226 e. The first-order chi connectivity index (χ1) is 16.6. The van der Waals surface area contributed by atoms with Crippen molar-refractivity contribution in [3.63, 3.8) is 0 Å². The Morgan fingerprint density at radius 1 is 1.09 bits per heavy atom. The van der Waals surface area contributed by atoms with Crippen molar-refractivity contribution < 1.29 is 9.53 Å². The standard InChI is InChI=1S/C25H23N7O2/c1-17-5-3-8-24(29-17)32-22(19-9-10-23-27-16-28-31(23)15-19)12-20(30-32)13-25(33)26-14-18-6-4-7-21(11-18)34-2/h3-12,15-16H,13-14H2,1-2H3,(H,26,33). The zero-order valence-corrected chi connectivity index (χ0v) is 18.8. The van der Waals surface area contributed by atoms with E-state index in [2.05, 4.69) is 20.4 Å². The van der Waals surface area contributed by atoms with E-state index in [9.17, 15) is 4.79 Å². The Morgan fingerprint density at radius 3 is 2.82 bits per heavy atom. The lowest BCUT2D eigenvalue weighted by Gasteiger charge is -2.07. The van der Waals surface area contributed by atoms with Crippen LogP contribution in [0.3, 0.4) is 0 Å². The molecule has 0 unspecified atom stereocenters. The highest BCUT2D eigenvalue weighted by molar-refractivity contribution is 5.78. The fraction of sp³-hybridized carbons (Fsp3) is 0.160. The lowest BCUT2D eigenvalue weighted by molar-refractivity contribution is -0.120. The van der Waals surface area contributed by atoms with Gasteiger partial charge in [-0.05, 0) is 55.0 Å². The molecule has 5 rings (SSSR count). The van der Waals surface area contributed by atoms with Crippen LogP contribution in [-0.2, 0) is 17.8 Å². The molecule has 4 heterocycles. The maximum absolute atomic E-state index is 12.7. The van der Waals surface area contributed by atoms with Crippen LogP contribution in [0, 0.1) is 6.92 Å². The molecule has 0 spiro atoms. The van der Waals surface area contributed by atoms with E-state index in [-0.39, 0.29) is 12.3 Å². The highest BCUT2D eigenvalue weighted by Crippen LogP contribution is 2.24. The van der Waals surface area contributed by atoms with Crippen molar-refractivity contribution >= 4 is 11.6 Å². The molecule has 9 nitrogen and oxygen atoms in total. The van der Waals surface area contributed by atoms with Crippen molar-refractivity contribution in [2.24, 2.45) is 0 Å². The highest BCUT2D eigenvalue weighted by Gasteiger charge is 2.16. The zero-order chi connectivity index (χ0) is 23.5. The number of rotatable bonds is 7. The Labute approximate surface area is 196 Å². The van der Waals surface area contributed by atoms with Gasteiger partial charge in [-0.2, -0.15) is 10.2 Å². The van der Waals surface area contributed by atoms with Crippen LogP contribution < -0.4 is 10.1 Å². The van der Waals surface area contributed by atoms with Crippen LogP contribution in [0.4, 0.5) is 0 Å². The summed E-state index contributed by atoms with van der Waals surface area (Å²) in [7, 11) is 1.62. The number of nitrogens with zero attached hydrogens (tertiary/aromatic N) is 6. The van der Waals surface area contributed by atoms with Crippen LogP contribution in [0.15, 0.2) is 73.2 Å². The molecule has 0 aliphatic carbocycles. The minimum Gasteiger partial charge on any atom is -0.497 e. The molecule has 0 aliphatic rings. The number of aryl methyl sites for hydroxylation is 1. The van der Waals surface area contributed by atoms with Gasteiger partial charge in [0.05, 0.1) is 24.9 Å². The molecule has 170 valence electrons. The summed E-state index contributed by atoms with van der Waals surface area (Å²) in [5.74, 6) is 1.31. The van der Waals surface area contributed by atoms with Gasteiger partial charge in [0.25, 0.3) is 0 Å². The molecule has 0 atom stereocenters. The Kier molecular flexibility index (Phi) is 5.73. The molecule has 0 aliphatic heterocycles. The highest BCUT2D eigenvalue weighted by atomic mass is 16.5. The summed E-state index contributed by atoms with van der Waals surface area (Å²) in [4.78, 5) is 21.5. The predicted octanol–water partition coefficient (Wildman–Crippen LogP) is 3.15. The molecular weight excluding hydrogens is 430 g/mol. The van der Waals surface area contributed by atoms with Crippen molar-refractivity contribution in [3.05, 3.63) is 90.1 Å². The molecule has 34 heavy (non-hydrogen) atoms. The second kappa shape index (κ2) is 9.14. The number of ether oxygens (including phenoxy) is 1. The van der Waals surface area contributed by atoms with E-state index in [1.54, 1.807) is 16.3 Å². The van der Waals surface area contributed by atoms with E-state index >= 15 is 0 Å². The predicted molar refractivity (Wildman–Crippen MR) is 127 cm³/mol. The third kappa shape index (κ3) is 4.49. The average molecular weight is 454 g/mol. The van der Waals surface area contributed by atoms with Gasteiger partial charge >= 0.3 is 0 Å². The number of fused-ring (bicyclic) bond motifs is 1. The van der Waals surface area contributed by atoms with Gasteiger partial charge in [-0.15, -0.1) is 0 Å². The van der Waals surface area contributed by atoms with Crippen LogP contribution in [0.25, 0.3) is 22.7 Å². The number of carbonyl (C=O) groups is 1. The third-order valence-electron chi connectivity index (χ3n) is 5.39. The molecule has 0 fully saturated rings. The minimum absolute atomic E-state index is 0.122. The SMILES string of the molecule is COc1cccc(CNC(=O)Cc2cc(-c3ccc4ncnn4c3)n(-c3cccc(C)n3)n2)c1. The minimum atomic E-state index is -0.122. The zero-order valence-electron chi connectivity index (χ0n) is 18.8. The van der Waals surface area contributed by atoms with Crippen molar-refractivity contribution in [1.29, 1.82) is 0 Å². The fourth-order valence-electron chi connectivity index (χ4n) is 3.72. The Balaban J connectivity index is 1.42. The van der Waals surface area contributed by atoms with Crippen molar-refractivity contribution in [3.8, 4) is 22.8 Å². The number of hydrogen-bond donors (Lipinski definition) is 1. The molecule has 1 aromatic carbocycles. The molecule has 0 saturated carbocycles. The molecular formula is C25H23N7O2. The Hall–Kier alpha value is -4.53. The van der Waals surface area contributed by atoms with Gasteiger partial charge in [0.1, 0.15) is 12.1 Å². The van der Waals surface area contributed by atoms with Gasteiger partial charge in [0, 0.05) is 24.0 Å². The third-order valence-corrected chi connectivity index (χ3v) is 5.39. The Morgan fingerprint density at radius 2 is 1.97 bits per heavy atom. The number of carbonyl (C=O) groups excluding carboxylic acids is 1. The van der Waals surface area contributed by atoms with Gasteiger partial charge in [-0.3, -0.25) is 4.79 Å². The number of nitrogens with one attached hydrogen (secondary N) is 1. The van der Waals surface area contributed by atoms with Crippen LogP contribution in [0.1, 0.15) is 17.0 Å². The first kappa shape index (κ1) is 21.3. The summed E-state index contributed by atoms with van der Waals surface area (Å²) >= 11 is 0. The van der Waals surface area contributed by atoms with E-state index < -0.39 is 0 Å². The summed E-state index contributed by atoms with van der Waals surface area (Å²) in [5, 5.41) is 11.9. The average Bonchev–Trinajstić information content (AvgIpc) is 3.49. The van der Waals surface area contributed by atoms with E-state index in [1.165, 1.54) is 6.33 Å².